The number of likely N-dealkylation sites (N-methyl/N-ethyl adjacent to an activating group) is 1. The third-order valence-electron chi connectivity index (χ3n) is 3.56. The van der Waals surface area contributed by atoms with Gasteiger partial charge in [-0.2, -0.15) is 0 Å². The Hall–Kier alpha value is -3.44. The van der Waals surface area contributed by atoms with Gasteiger partial charge in [-0.25, -0.2) is 9.97 Å². The molecular formula is C18H19N5O3. The number of aliphatic hydroxyl groups is 1. The van der Waals surface area contributed by atoms with Crippen molar-refractivity contribution in [3.63, 3.8) is 0 Å². The maximum Gasteiger partial charge on any atom is 0.267 e. The predicted molar refractivity (Wildman–Crippen MR) is 96.6 cm³/mol. The molecule has 1 atom stereocenters. The molecule has 8 nitrogen and oxygen atoms in total. The van der Waals surface area contributed by atoms with Gasteiger partial charge in [-0.15, -0.1) is 0 Å². The van der Waals surface area contributed by atoms with Crippen molar-refractivity contribution in [1.29, 1.82) is 0 Å². The molecule has 134 valence electrons. The van der Waals surface area contributed by atoms with E-state index in [9.17, 15) is 14.7 Å². The minimum Gasteiger partial charge on any atom is -0.384 e. The number of aliphatic hydroxyl groups excluding tert-OH is 1. The van der Waals surface area contributed by atoms with Crippen molar-refractivity contribution < 1.29 is 14.7 Å². The fraction of sp³-hybridized carbons (Fsp3) is 0.222. The van der Waals surface area contributed by atoms with E-state index in [1.54, 1.807) is 38.2 Å². The molecule has 2 rings (SSSR count). The van der Waals surface area contributed by atoms with E-state index in [2.05, 4.69) is 21.8 Å². The molecule has 0 saturated carbocycles. The third kappa shape index (κ3) is 4.55. The molecular weight excluding hydrogens is 334 g/mol. The fourth-order valence-corrected chi connectivity index (χ4v) is 2.04. The van der Waals surface area contributed by atoms with E-state index in [-0.39, 0.29) is 17.3 Å². The molecule has 0 radical (unpaired) electrons. The van der Waals surface area contributed by atoms with Crippen LogP contribution in [0.3, 0.4) is 0 Å². The number of carbonyl (C=O) groups is 2. The third-order valence-corrected chi connectivity index (χ3v) is 3.56. The van der Waals surface area contributed by atoms with E-state index in [0.717, 1.165) is 0 Å². The van der Waals surface area contributed by atoms with Crippen molar-refractivity contribution in [2.24, 2.45) is 5.73 Å². The fourth-order valence-electron chi connectivity index (χ4n) is 2.04. The number of nitrogen functional groups attached to an aromatic ring is 1. The van der Waals surface area contributed by atoms with E-state index in [1.807, 2.05) is 0 Å². The van der Waals surface area contributed by atoms with Crippen LogP contribution in [0.1, 0.15) is 23.0 Å². The average molecular weight is 353 g/mol. The van der Waals surface area contributed by atoms with Gasteiger partial charge in [-0.05, 0) is 19.1 Å². The van der Waals surface area contributed by atoms with Gasteiger partial charge in [-0.3, -0.25) is 9.59 Å². The molecule has 0 bridgehead atoms. The number of nitrogens with zero attached hydrogens (tertiary/aromatic N) is 3. The Morgan fingerprint density at radius 3 is 2.69 bits per heavy atom. The van der Waals surface area contributed by atoms with Gasteiger partial charge >= 0.3 is 0 Å². The summed E-state index contributed by atoms with van der Waals surface area (Å²) in [6, 6.07) is 8.09. The summed E-state index contributed by atoms with van der Waals surface area (Å²) in [6.07, 6.45) is -1.41. The summed E-state index contributed by atoms with van der Waals surface area (Å²) in [5.74, 6) is 4.41. The van der Waals surface area contributed by atoms with Crippen molar-refractivity contribution in [3.05, 3.63) is 41.6 Å². The highest BCUT2D eigenvalue weighted by Gasteiger charge is 2.15. The quantitative estimate of drug-likeness (QED) is 0.663. The molecule has 2 amide bonds. The van der Waals surface area contributed by atoms with Crippen LogP contribution in [0.4, 0.5) is 5.82 Å². The molecule has 8 heteroatoms. The highest BCUT2D eigenvalue weighted by atomic mass is 16.3. The lowest BCUT2D eigenvalue weighted by atomic mass is 10.1. The first-order chi connectivity index (χ1) is 12.3. The van der Waals surface area contributed by atoms with Gasteiger partial charge in [0, 0.05) is 30.8 Å². The Morgan fingerprint density at radius 1 is 1.31 bits per heavy atom. The summed E-state index contributed by atoms with van der Waals surface area (Å²) < 4.78 is 0. The van der Waals surface area contributed by atoms with Crippen LogP contribution < -0.4 is 11.5 Å². The number of benzene rings is 1. The first-order valence-electron chi connectivity index (χ1n) is 7.81. The van der Waals surface area contributed by atoms with Crippen molar-refractivity contribution >= 4 is 17.6 Å². The average Bonchev–Trinajstić information content (AvgIpc) is 2.64. The largest absolute Gasteiger partial charge is 0.384 e. The molecule has 0 fully saturated rings. The maximum absolute atomic E-state index is 11.8. The number of hydrogen-bond acceptors (Lipinski definition) is 6. The van der Waals surface area contributed by atoms with E-state index in [1.165, 1.54) is 11.0 Å². The number of amides is 2. The number of nitrogens with two attached hydrogens (primary N) is 2. The summed E-state index contributed by atoms with van der Waals surface area (Å²) >= 11 is 0. The minimum absolute atomic E-state index is 0.00705. The van der Waals surface area contributed by atoms with Crippen LogP contribution in [-0.2, 0) is 4.79 Å². The molecule has 2 aromatic rings. The summed E-state index contributed by atoms with van der Waals surface area (Å²) in [5.41, 5.74) is 12.0. The van der Waals surface area contributed by atoms with Gasteiger partial charge in [0.1, 0.15) is 11.5 Å². The summed E-state index contributed by atoms with van der Waals surface area (Å²) in [7, 11) is 1.58. The second kappa shape index (κ2) is 8.09. The molecule has 0 saturated heterocycles. The first kappa shape index (κ1) is 18.9. The Kier molecular flexibility index (Phi) is 5.88. The van der Waals surface area contributed by atoms with Crippen molar-refractivity contribution in [2.75, 3.05) is 19.3 Å². The second-order valence-electron chi connectivity index (χ2n) is 5.47. The zero-order valence-electron chi connectivity index (χ0n) is 14.4. The van der Waals surface area contributed by atoms with Crippen LogP contribution in [0, 0.1) is 11.8 Å². The second-order valence-corrected chi connectivity index (χ2v) is 5.47. The van der Waals surface area contributed by atoms with Gasteiger partial charge in [0.15, 0.2) is 11.9 Å². The van der Waals surface area contributed by atoms with Crippen molar-refractivity contribution in [3.8, 4) is 23.2 Å². The number of anilines is 1. The molecule has 0 aliphatic rings. The highest BCUT2D eigenvalue weighted by Crippen LogP contribution is 2.18. The Morgan fingerprint density at radius 2 is 2.04 bits per heavy atom. The number of carbonyl (C=O) groups excluding carboxylic acids is 2. The Bertz CT molecular complexity index is 901. The van der Waals surface area contributed by atoms with Crippen LogP contribution in [0.15, 0.2) is 30.3 Å². The SMILES string of the molecule is CCN(C)C(=O)C(O)C#Cc1cccc(-c2nc(N)cc(C(N)=O)n2)c1. The van der Waals surface area contributed by atoms with Crippen molar-refractivity contribution in [1.82, 2.24) is 14.9 Å². The number of rotatable bonds is 4. The molecule has 1 unspecified atom stereocenters. The van der Waals surface area contributed by atoms with Crippen LogP contribution in [0.2, 0.25) is 0 Å². The lowest BCUT2D eigenvalue weighted by molar-refractivity contribution is -0.135. The van der Waals surface area contributed by atoms with Crippen LogP contribution >= 0.6 is 0 Å². The van der Waals surface area contributed by atoms with Crippen LogP contribution in [0.5, 0.6) is 0 Å². The lowest BCUT2D eigenvalue weighted by Crippen LogP contribution is -2.35. The standard InChI is InChI=1S/C18H19N5O3/c1-3-23(2)18(26)14(24)8-7-11-5-4-6-12(9-11)17-21-13(16(20)25)10-15(19)22-17/h4-6,9-10,14,24H,3H2,1-2H3,(H2,20,25)(H2,19,21,22). The van der Waals surface area contributed by atoms with E-state index in [4.69, 9.17) is 11.5 Å². The van der Waals surface area contributed by atoms with E-state index < -0.39 is 17.9 Å². The van der Waals surface area contributed by atoms with Gasteiger partial charge in [0.2, 0.25) is 0 Å². The number of hydrogen-bond donors (Lipinski definition) is 3. The highest BCUT2D eigenvalue weighted by molar-refractivity contribution is 5.91. The lowest BCUT2D eigenvalue weighted by Gasteiger charge is -2.15. The van der Waals surface area contributed by atoms with E-state index in [0.29, 0.717) is 17.7 Å². The molecule has 5 N–H and O–H groups in total. The monoisotopic (exact) mass is 353 g/mol. The first-order valence-corrected chi connectivity index (χ1v) is 7.81. The smallest absolute Gasteiger partial charge is 0.267 e. The Labute approximate surface area is 150 Å². The van der Waals surface area contributed by atoms with Crippen LogP contribution in [-0.4, -0.2) is 51.5 Å². The maximum atomic E-state index is 11.8. The summed E-state index contributed by atoms with van der Waals surface area (Å²) in [5, 5.41) is 9.84. The predicted octanol–water partition coefficient (Wildman–Crippen LogP) is 0.0154. The molecule has 0 aliphatic carbocycles. The van der Waals surface area contributed by atoms with Gasteiger partial charge in [0.05, 0.1) is 0 Å². The van der Waals surface area contributed by atoms with Crippen LogP contribution in [0.25, 0.3) is 11.4 Å². The zero-order chi connectivity index (χ0) is 19.3. The zero-order valence-corrected chi connectivity index (χ0v) is 14.4. The molecule has 0 spiro atoms. The molecule has 26 heavy (non-hydrogen) atoms. The summed E-state index contributed by atoms with van der Waals surface area (Å²) in [4.78, 5) is 32.7. The normalized spacial score (nSPS) is 11.2. The molecule has 1 aromatic heterocycles. The Balaban J connectivity index is 2.31. The van der Waals surface area contributed by atoms with Gasteiger partial charge < -0.3 is 21.5 Å². The van der Waals surface area contributed by atoms with Gasteiger partial charge in [0.25, 0.3) is 11.8 Å². The molecule has 0 aliphatic heterocycles. The van der Waals surface area contributed by atoms with E-state index >= 15 is 0 Å². The minimum atomic E-state index is -1.41. The number of aromatic nitrogens is 2. The van der Waals surface area contributed by atoms with Crippen molar-refractivity contribution in [2.45, 2.75) is 13.0 Å². The topological polar surface area (TPSA) is 135 Å². The molecule has 1 aromatic carbocycles. The van der Waals surface area contributed by atoms with Gasteiger partial charge in [-0.1, -0.05) is 24.0 Å². The number of primary amides is 1. The molecule has 1 heterocycles. The summed E-state index contributed by atoms with van der Waals surface area (Å²) in [6.45, 7) is 2.27.